The van der Waals surface area contributed by atoms with Crippen molar-refractivity contribution in [2.45, 2.75) is 6.92 Å². The second-order valence-electron chi connectivity index (χ2n) is 3.47. The van der Waals surface area contributed by atoms with Gasteiger partial charge in [-0.3, -0.25) is 9.89 Å². The Balaban J connectivity index is 2.21. The van der Waals surface area contributed by atoms with Crippen LogP contribution in [0.5, 0.6) is 0 Å². The fourth-order valence-electron chi connectivity index (χ4n) is 1.05. The summed E-state index contributed by atoms with van der Waals surface area (Å²) in [6.07, 6.45) is 1.40. The maximum absolute atomic E-state index is 11.5. The molecule has 0 aliphatic rings. The van der Waals surface area contributed by atoms with E-state index < -0.39 is 0 Å². The van der Waals surface area contributed by atoms with E-state index in [4.69, 9.17) is 10.5 Å². The molecule has 0 aromatic carbocycles. The molecule has 0 atom stereocenters. The Morgan fingerprint density at radius 3 is 3.06 bits per heavy atom. The highest BCUT2D eigenvalue weighted by molar-refractivity contribution is 5.96. The van der Waals surface area contributed by atoms with Crippen LogP contribution < -0.4 is 11.1 Å². The van der Waals surface area contributed by atoms with Crippen LogP contribution in [0.1, 0.15) is 17.4 Å². The van der Waals surface area contributed by atoms with Crippen molar-refractivity contribution in [1.82, 2.24) is 15.5 Å². The molecule has 1 heterocycles. The number of nitrogens with one attached hydrogen (secondary N) is 2. The number of carbonyl (C=O) groups is 1. The number of rotatable bonds is 6. The van der Waals surface area contributed by atoms with Crippen LogP contribution in [-0.2, 0) is 4.74 Å². The molecular formula is C10H16N4O2. The third-order valence-electron chi connectivity index (χ3n) is 1.78. The van der Waals surface area contributed by atoms with Gasteiger partial charge in [-0.2, -0.15) is 5.10 Å². The number of ether oxygens (including phenoxy) is 1. The zero-order valence-corrected chi connectivity index (χ0v) is 9.25. The molecule has 6 nitrogen and oxygen atoms in total. The molecule has 0 fully saturated rings. The van der Waals surface area contributed by atoms with Gasteiger partial charge in [0, 0.05) is 6.54 Å². The number of hydrogen-bond acceptors (Lipinski definition) is 4. The lowest BCUT2D eigenvalue weighted by Crippen LogP contribution is -2.28. The van der Waals surface area contributed by atoms with Gasteiger partial charge in [-0.15, -0.1) is 0 Å². The van der Waals surface area contributed by atoms with Gasteiger partial charge in [0.25, 0.3) is 5.91 Å². The standard InChI is InChI=1S/C10H16N4O2/c1-7(2)6-16-4-3-12-10(15)9-8(11)5-13-14-9/h5H,1,3-4,6,11H2,2H3,(H,12,15)(H,13,14). The topological polar surface area (TPSA) is 93.0 Å². The number of hydrogen-bond donors (Lipinski definition) is 3. The van der Waals surface area contributed by atoms with E-state index in [0.717, 1.165) is 5.57 Å². The minimum atomic E-state index is -0.283. The number of nitrogen functional groups attached to an aromatic ring is 1. The van der Waals surface area contributed by atoms with Crippen LogP contribution in [0, 0.1) is 0 Å². The molecule has 0 radical (unpaired) electrons. The highest BCUT2D eigenvalue weighted by Gasteiger charge is 2.10. The number of nitrogens with two attached hydrogens (primary N) is 1. The van der Waals surface area contributed by atoms with Crippen LogP contribution in [0.15, 0.2) is 18.3 Å². The first-order valence-electron chi connectivity index (χ1n) is 4.90. The average Bonchev–Trinajstić information content (AvgIpc) is 2.63. The van der Waals surface area contributed by atoms with Crippen molar-refractivity contribution in [3.8, 4) is 0 Å². The first kappa shape index (κ1) is 12.3. The lowest BCUT2D eigenvalue weighted by atomic mass is 10.3. The van der Waals surface area contributed by atoms with Crippen molar-refractivity contribution < 1.29 is 9.53 Å². The van der Waals surface area contributed by atoms with E-state index in [9.17, 15) is 4.79 Å². The molecule has 0 bridgehead atoms. The average molecular weight is 224 g/mol. The van der Waals surface area contributed by atoms with Crippen LogP contribution in [0.2, 0.25) is 0 Å². The van der Waals surface area contributed by atoms with Crippen molar-refractivity contribution in [1.29, 1.82) is 0 Å². The molecule has 0 aliphatic carbocycles. The highest BCUT2D eigenvalue weighted by atomic mass is 16.5. The summed E-state index contributed by atoms with van der Waals surface area (Å²) >= 11 is 0. The van der Waals surface area contributed by atoms with Gasteiger partial charge in [-0.1, -0.05) is 12.2 Å². The van der Waals surface area contributed by atoms with E-state index >= 15 is 0 Å². The van der Waals surface area contributed by atoms with E-state index in [-0.39, 0.29) is 11.6 Å². The zero-order chi connectivity index (χ0) is 12.0. The fourth-order valence-corrected chi connectivity index (χ4v) is 1.05. The van der Waals surface area contributed by atoms with Crippen LogP contribution in [0.3, 0.4) is 0 Å². The quantitative estimate of drug-likeness (QED) is 0.479. The highest BCUT2D eigenvalue weighted by Crippen LogP contribution is 2.04. The minimum absolute atomic E-state index is 0.278. The minimum Gasteiger partial charge on any atom is -0.396 e. The summed E-state index contributed by atoms with van der Waals surface area (Å²) in [4.78, 5) is 11.5. The number of H-pyrrole nitrogens is 1. The maximum Gasteiger partial charge on any atom is 0.271 e. The second-order valence-corrected chi connectivity index (χ2v) is 3.47. The molecule has 4 N–H and O–H groups in total. The van der Waals surface area contributed by atoms with Gasteiger partial charge in [-0.25, -0.2) is 0 Å². The molecule has 1 rings (SSSR count). The number of carbonyl (C=O) groups excluding carboxylic acids is 1. The Kier molecular flexibility index (Phi) is 4.53. The van der Waals surface area contributed by atoms with E-state index in [2.05, 4.69) is 22.1 Å². The number of aromatic amines is 1. The number of anilines is 1. The molecule has 6 heteroatoms. The van der Waals surface area contributed by atoms with Crippen molar-refractivity contribution in [3.05, 3.63) is 24.0 Å². The van der Waals surface area contributed by atoms with Gasteiger partial charge in [0.2, 0.25) is 0 Å². The Bertz CT molecular complexity index is 373. The molecule has 0 spiro atoms. The van der Waals surface area contributed by atoms with Crippen molar-refractivity contribution in [3.63, 3.8) is 0 Å². The Hall–Kier alpha value is -1.82. The summed E-state index contributed by atoms with van der Waals surface area (Å²) in [7, 11) is 0. The third-order valence-corrected chi connectivity index (χ3v) is 1.78. The Labute approximate surface area is 93.9 Å². The molecule has 88 valence electrons. The summed E-state index contributed by atoms with van der Waals surface area (Å²) in [6.45, 7) is 6.94. The Morgan fingerprint density at radius 2 is 2.50 bits per heavy atom. The predicted molar refractivity (Wildman–Crippen MR) is 61.0 cm³/mol. The third kappa shape index (κ3) is 3.74. The smallest absolute Gasteiger partial charge is 0.271 e. The monoisotopic (exact) mass is 224 g/mol. The molecule has 0 saturated heterocycles. The lowest BCUT2D eigenvalue weighted by Gasteiger charge is -2.05. The van der Waals surface area contributed by atoms with Gasteiger partial charge in [0.15, 0.2) is 0 Å². The van der Waals surface area contributed by atoms with E-state index in [1.807, 2.05) is 6.92 Å². The molecule has 16 heavy (non-hydrogen) atoms. The SMILES string of the molecule is C=C(C)COCCNC(=O)c1[nH]ncc1N. The largest absolute Gasteiger partial charge is 0.396 e. The van der Waals surface area contributed by atoms with E-state index in [1.54, 1.807) is 0 Å². The summed E-state index contributed by atoms with van der Waals surface area (Å²) in [5.74, 6) is -0.283. The lowest BCUT2D eigenvalue weighted by molar-refractivity contribution is 0.0922. The normalized spacial score (nSPS) is 10.1. The van der Waals surface area contributed by atoms with Gasteiger partial charge in [0.05, 0.1) is 25.1 Å². The molecule has 0 aliphatic heterocycles. The zero-order valence-electron chi connectivity index (χ0n) is 9.25. The molecule has 1 aromatic rings. The van der Waals surface area contributed by atoms with Crippen molar-refractivity contribution in [2.75, 3.05) is 25.5 Å². The van der Waals surface area contributed by atoms with Crippen LogP contribution >= 0.6 is 0 Å². The van der Waals surface area contributed by atoms with Crippen molar-refractivity contribution >= 4 is 11.6 Å². The molecule has 1 aromatic heterocycles. The van der Waals surface area contributed by atoms with Crippen LogP contribution in [-0.4, -0.2) is 35.9 Å². The number of aromatic nitrogens is 2. The van der Waals surface area contributed by atoms with Gasteiger partial charge < -0.3 is 15.8 Å². The Morgan fingerprint density at radius 1 is 1.75 bits per heavy atom. The molecule has 1 amide bonds. The maximum atomic E-state index is 11.5. The van der Waals surface area contributed by atoms with Crippen molar-refractivity contribution in [2.24, 2.45) is 0 Å². The fraction of sp³-hybridized carbons (Fsp3) is 0.400. The first-order chi connectivity index (χ1) is 7.61. The molecule has 0 saturated carbocycles. The molecular weight excluding hydrogens is 208 g/mol. The summed E-state index contributed by atoms with van der Waals surface area (Å²) in [5.41, 5.74) is 7.07. The molecule has 0 unspecified atom stereocenters. The summed E-state index contributed by atoms with van der Waals surface area (Å²) < 4.78 is 5.22. The van der Waals surface area contributed by atoms with Crippen LogP contribution in [0.4, 0.5) is 5.69 Å². The van der Waals surface area contributed by atoms with E-state index in [1.165, 1.54) is 6.20 Å². The van der Waals surface area contributed by atoms with Gasteiger partial charge in [0.1, 0.15) is 5.69 Å². The second kappa shape index (κ2) is 5.92. The van der Waals surface area contributed by atoms with Crippen LogP contribution in [0.25, 0.3) is 0 Å². The number of nitrogens with zero attached hydrogens (tertiary/aromatic N) is 1. The van der Waals surface area contributed by atoms with Gasteiger partial charge >= 0.3 is 0 Å². The predicted octanol–water partition coefficient (Wildman–Crippen LogP) is 0.314. The van der Waals surface area contributed by atoms with E-state index in [0.29, 0.717) is 25.4 Å². The number of amides is 1. The van der Waals surface area contributed by atoms with Gasteiger partial charge in [-0.05, 0) is 6.92 Å². The summed E-state index contributed by atoms with van der Waals surface area (Å²) in [5, 5.41) is 8.83. The summed E-state index contributed by atoms with van der Waals surface area (Å²) in [6, 6.07) is 0. The first-order valence-corrected chi connectivity index (χ1v) is 4.90.